The first-order chi connectivity index (χ1) is 12.0. The van der Waals surface area contributed by atoms with Crippen LogP contribution >= 0.6 is 0 Å². The van der Waals surface area contributed by atoms with Gasteiger partial charge >= 0.3 is 5.97 Å². The molecule has 25 heavy (non-hydrogen) atoms. The molecule has 1 N–H and O–H groups in total. The highest BCUT2D eigenvalue weighted by atomic mass is 16.5. The highest BCUT2D eigenvalue weighted by Crippen LogP contribution is 2.31. The molecule has 0 aliphatic carbocycles. The quantitative estimate of drug-likeness (QED) is 0.569. The molecule has 0 amide bonds. The summed E-state index contributed by atoms with van der Waals surface area (Å²) in [4.78, 5) is 16.5. The Morgan fingerprint density at radius 3 is 2.80 bits per heavy atom. The van der Waals surface area contributed by atoms with Crippen LogP contribution in [0.15, 0.2) is 46.6 Å². The van der Waals surface area contributed by atoms with Crippen LogP contribution in [0.1, 0.15) is 28.7 Å². The van der Waals surface area contributed by atoms with Crippen molar-refractivity contribution in [3.8, 4) is 5.75 Å². The van der Waals surface area contributed by atoms with Crippen LogP contribution in [0, 0.1) is 13.8 Å². The van der Waals surface area contributed by atoms with Crippen molar-refractivity contribution in [1.82, 2.24) is 9.38 Å². The average Bonchev–Trinajstić information content (AvgIpc) is 2.96. The van der Waals surface area contributed by atoms with Gasteiger partial charge in [0.05, 0.1) is 6.61 Å². The highest BCUT2D eigenvalue weighted by molar-refractivity contribution is 5.93. The summed E-state index contributed by atoms with van der Waals surface area (Å²) in [6.45, 7) is 5.74. The van der Waals surface area contributed by atoms with Crippen LogP contribution in [0.25, 0.3) is 5.65 Å². The molecule has 0 saturated carbocycles. The van der Waals surface area contributed by atoms with E-state index >= 15 is 0 Å². The minimum absolute atomic E-state index is 0.0116. The second kappa shape index (κ2) is 6.72. The first kappa shape index (κ1) is 16.6. The van der Waals surface area contributed by atoms with Gasteiger partial charge in [0.2, 0.25) is 0 Å². The van der Waals surface area contributed by atoms with Gasteiger partial charge in [-0.25, -0.2) is 9.78 Å². The lowest BCUT2D eigenvalue weighted by molar-refractivity contribution is 0.0521. The molecule has 3 aromatic rings. The van der Waals surface area contributed by atoms with Gasteiger partial charge in [-0.1, -0.05) is 12.1 Å². The number of aryl methyl sites for hydroxylation is 2. The van der Waals surface area contributed by atoms with E-state index in [4.69, 9.17) is 4.74 Å². The van der Waals surface area contributed by atoms with Crippen LogP contribution in [0.5, 0.6) is 5.75 Å². The van der Waals surface area contributed by atoms with E-state index in [2.05, 4.69) is 15.2 Å². The van der Waals surface area contributed by atoms with Crippen LogP contribution < -0.4 is 0 Å². The third-order valence-corrected chi connectivity index (χ3v) is 3.67. The molecular formula is C18H18N4O3. The van der Waals surface area contributed by atoms with Crippen LogP contribution in [-0.2, 0) is 4.74 Å². The normalized spacial score (nSPS) is 11.3. The van der Waals surface area contributed by atoms with E-state index in [1.165, 1.54) is 0 Å². The first-order valence-corrected chi connectivity index (χ1v) is 7.87. The summed E-state index contributed by atoms with van der Waals surface area (Å²) in [5.41, 5.74) is 2.77. The number of phenolic OH excluding ortho intramolecular Hbond substituents is 1. The van der Waals surface area contributed by atoms with Crippen molar-refractivity contribution >= 4 is 23.1 Å². The summed E-state index contributed by atoms with van der Waals surface area (Å²) in [5, 5.41) is 18.2. The van der Waals surface area contributed by atoms with Crippen molar-refractivity contribution in [2.24, 2.45) is 10.2 Å². The summed E-state index contributed by atoms with van der Waals surface area (Å²) in [5.74, 6) is -0.280. The molecule has 0 bridgehead atoms. The van der Waals surface area contributed by atoms with Gasteiger partial charge in [0, 0.05) is 5.69 Å². The molecule has 0 spiro atoms. The number of hydrogen-bond donors (Lipinski definition) is 1. The zero-order valence-corrected chi connectivity index (χ0v) is 14.2. The van der Waals surface area contributed by atoms with Gasteiger partial charge < -0.3 is 9.84 Å². The molecule has 2 aromatic heterocycles. The zero-order valence-electron chi connectivity index (χ0n) is 14.2. The highest BCUT2D eigenvalue weighted by Gasteiger charge is 2.21. The molecule has 7 nitrogen and oxygen atoms in total. The Morgan fingerprint density at radius 2 is 2.04 bits per heavy atom. The van der Waals surface area contributed by atoms with Crippen LogP contribution in [0.2, 0.25) is 0 Å². The molecule has 128 valence electrons. The van der Waals surface area contributed by atoms with Gasteiger partial charge in [-0.15, -0.1) is 10.2 Å². The van der Waals surface area contributed by atoms with Crippen molar-refractivity contribution in [1.29, 1.82) is 0 Å². The molecule has 0 aliphatic rings. The lowest BCUT2D eigenvalue weighted by Crippen LogP contribution is -2.05. The number of ether oxygens (including phenoxy) is 1. The minimum atomic E-state index is -0.562. The van der Waals surface area contributed by atoms with Gasteiger partial charge in [-0.05, 0) is 50.6 Å². The molecule has 3 rings (SSSR count). The summed E-state index contributed by atoms with van der Waals surface area (Å²) < 4.78 is 6.79. The molecule has 0 fully saturated rings. The lowest BCUT2D eigenvalue weighted by Gasteiger charge is -2.03. The molecule has 7 heteroatoms. The van der Waals surface area contributed by atoms with E-state index in [-0.39, 0.29) is 23.9 Å². The largest absolute Gasteiger partial charge is 0.506 e. The maximum absolute atomic E-state index is 12.2. The molecule has 0 unspecified atom stereocenters. The first-order valence-electron chi connectivity index (χ1n) is 7.87. The molecule has 1 aromatic carbocycles. The molecule has 0 aliphatic heterocycles. The maximum atomic E-state index is 12.2. The number of carbonyl (C=O) groups is 1. The summed E-state index contributed by atoms with van der Waals surface area (Å²) in [6, 6.07) is 10.5. The summed E-state index contributed by atoms with van der Waals surface area (Å²) in [6.07, 6.45) is 0. The number of pyridine rings is 1. The van der Waals surface area contributed by atoms with Crippen LogP contribution in [-0.4, -0.2) is 27.1 Å². The molecule has 0 saturated heterocycles. The zero-order chi connectivity index (χ0) is 18.0. The smallest absolute Gasteiger partial charge is 0.360 e. The molecular weight excluding hydrogens is 320 g/mol. The van der Waals surface area contributed by atoms with Gasteiger partial charge in [0.25, 0.3) is 0 Å². The fraction of sp³-hybridized carbons (Fsp3) is 0.222. The second-order valence-corrected chi connectivity index (χ2v) is 5.56. The molecule has 2 heterocycles. The maximum Gasteiger partial charge on any atom is 0.360 e. The van der Waals surface area contributed by atoms with E-state index in [0.29, 0.717) is 11.3 Å². The number of benzene rings is 1. The Hall–Kier alpha value is -3.22. The topological polar surface area (TPSA) is 88.5 Å². The number of nitrogens with zero attached hydrogens (tertiary/aromatic N) is 4. The number of carbonyl (C=O) groups excluding carboxylic acids is 1. The SMILES string of the molecule is CCOC(=O)c1nc2cccc(C)n2c1N=Nc1cc(C)ccc1O. The standard InChI is InChI=1S/C18H18N4O3/c1-4-25-18(24)16-17(22-12(3)6-5-7-15(22)19-16)21-20-13-10-11(2)8-9-14(13)23/h5-10,23H,4H2,1-3H3. The number of esters is 1. The summed E-state index contributed by atoms with van der Waals surface area (Å²) in [7, 11) is 0. The number of fused-ring (bicyclic) bond motifs is 1. The van der Waals surface area contributed by atoms with Crippen molar-refractivity contribution in [3.05, 3.63) is 53.3 Å². The number of aromatic nitrogens is 2. The third-order valence-electron chi connectivity index (χ3n) is 3.67. The van der Waals surface area contributed by atoms with Crippen molar-refractivity contribution in [2.45, 2.75) is 20.8 Å². The van der Waals surface area contributed by atoms with Gasteiger partial charge in [-0.3, -0.25) is 4.40 Å². The van der Waals surface area contributed by atoms with E-state index < -0.39 is 5.97 Å². The van der Waals surface area contributed by atoms with Crippen molar-refractivity contribution < 1.29 is 14.6 Å². The van der Waals surface area contributed by atoms with E-state index in [1.807, 2.05) is 26.0 Å². The minimum Gasteiger partial charge on any atom is -0.506 e. The number of rotatable bonds is 4. The Kier molecular flexibility index (Phi) is 4.47. The Labute approximate surface area is 144 Å². The van der Waals surface area contributed by atoms with E-state index in [1.54, 1.807) is 35.6 Å². The fourth-order valence-corrected chi connectivity index (χ4v) is 2.48. The van der Waals surface area contributed by atoms with Gasteiger partial charge in [0.15, 0.2) is 11.5 Å². The number of imidazole rings is 1. The molecule has 0 atom stereocenters. The second-order valence-electron chi connectivity index (χ2n) is 5.56. The predicted octanol–water partition coefficient (Wildman–Crippen LogP) is 4.25. The Bertz CT molecular complexity index is 976. The predicted molar refractivity (Wildman–Crippen MR) is 92.9 cm³/mol. The Balaban J connectivity index is 2.16. The third kappa shape index (κ3) is 3.21. The summed E-state index contributed by atoms with van der Waals surface area (Å²) >= 11 is 0. The van der Waals surface area contributed by atoms with E-state index in [0.717, 1.165) is 11.3 Å². The monoisotopic (exact) mass is 338 g/mol. The van der Waals surface area contributed by atoms with Crippen LogP contribution in [0.3, 0.4) is 0 Å². The average molecular weight is 338 g/mol. The van der Waals surface area contributed by atoms with Gasteiger partial charge in [-0.2, -0.15) is 0 Å². The fourth-order valence-electron chi connectivity index (χ4n) is 2.48. The van der Waals surface area contributed by atoms with Crippen molar-refractivity contribution in [2.75, 3.05) is 6.61 Å². The lowest BCUT2D eigenvalue weighted by atomic mass is 10.2. The number of azo groups is 1. The number of aromatic hydroxyl groups is 1. The van der Waals surface area contributed by atoms with Gasteiger partial charge in [0.1, 0.15) is 17.1 Å². The number of hydrogen-bond acceptors (Lipinski definition) is 6. The van der Waals surface area contributed by atoms with Crippen LogP contribution in [0.4, 0.5) is 11.5 Å². The molecule has 0 radical (unpaired) electrons. The number of phenols is 1. The van der Waals surface area contributed by atoms with E-state index in [9.17, 15) is 9.90 Å². The van der Waals surface area contributed by atoms with Crippen molar-refractivity contribution in [3.63, 3.8) is 0 Å². The Morgan fingerprint density at radius 1 is 1.24 bits per heavy atom.